The molecular weight excluding hydrogens is 554 g/mol. The summed E-state index contributed by atoms with van der Waals surface area (Å²) in [7, 11) is -1.86. The molecule has 0 saturated carbocycles. The van der Waals surface area contributed by atoms with E-state index in [0.29, 0.717) is 12.0 Å². The molecular formula is C36H39N3O3S. The molecule has 1 aromatic heterocycles. The molecule has 5 aromatic rings. The standard InChI is InChI=1S/C36H39N3O3S/c1-4-5-6-11-27-15-21-31(22-16-27)43(41,42)37-24-23-33-32-13-7-8-14-34(32)38-35(33)28-17-19-29(20-18-28)36(40)39(3)30-12-9-10-26(2)25-30/h7-10,12-22,25,37-38H,4-6,11,23-24H2,1-3H3. The van der Waals surface area contributed by atoms with Gasteiger partial charge in [-0.25, -0.2) is 13.1 Å². The highest BCUT2D eigenvalue weighted by Crippen LogP contribution is 2.31. The fraction of sp³-hybridized carbons (Fsp3) is 0.250. The second-order valence-corrected chi connectivity index (χ2v) is 12.8. The SMILES string of the molecule is CCCCCc1ccc(S(=O)(=O)NCCc2c(-c3ccc(C(=O)N(C)c4cccc(C)c4)cc3)[nH]c3ccccc23)cc1. The zero-order valence-corrected chi connectivity index (χ0v) is 25.9. The van der Waals surface area contributed by atoms with E-state index in [1.54, 1.807) is 24.1 Å². The predicted molar refractivity (Wildman–Crippen MR) is 176 cm³/mol. The molecule has 0 radical (unpaired) electrons. The number of fused-ring (bicyclic) bond motifs is 1. The summed E-state index contributed by atoms with van der Waals surface area (Å²) in [5.41, 5.74) is 7.55. The number of aromatic amines is 1. The summed E-state index contributed by atoms with van der Waals surface area (Å²) in [6.07, 6.45) is 4.90. The van der Waals surface area contributed by atoms with Gasteiger partial charge >= 0.3 is 0 Å². The van der Waals surface area contributed by atoms with Crippen molar-refractivity contribution in [3.05, 3.63) is 119 Å². The van der Waals surface area contributed by atoms with Gasteiger partial charge in [-0.3, -0.25) is 4.79 Å². The van der Waals surface area contributed by atoms with Crippen molar-refractivity contribution in [3.8, 4) is 11.3 Å². The molecule has 0 bridgehead atoms. The first-order valence-corrected chi connectivity index (χ1v) is 16.4. The summed E-state index contributed by atoms with van der Waals surface area (Å²) in [6, 6.07) is 30.7. The van der Waals surface area contributed by atoms with Crippen LogP contribution >= 0.6 is 0 Å². The third-order valence-corrected chi connectivity index (χ3v) is 9.37. The van der Waals surface area contributed by atoms with E-state index in [4.69, 9.17) is 0 Å². The fourth-order valence-electron chi connectivity index (χ4n) is 5.44. The fourth-order valence-corrected chi connectivity index (χ4v) is 6.47. The number of H-pyrrole nitrogens is 1. The monoisotopic (exact) mass is 593 g/mol. The smallest absolute Gasteiger partial charge is 0.258 e. The molecule has 43 heavy (non-hydrogen) atoms. The Bertz CT molecular complexity index is 1810. The lowest BCUT2D eigenvalue weighted by Gasteiger charge is -2.18. The summed E-state index contributed by atoms with van der Waals surface area (Å²) in [5.74, 6) is -0.0857. The molecule has 0 aliphatic carbocycles. The third kappa shape index (κ3) is 7.07. The van der Waals surface area contributed by atoms with Crippen LogP contribution in [0.4, 0.5) is 5.69 Å². The molecule has 1 heterocycles. The number of para-hydroxylation sites is 1. The molecule has 0 aliphatic rings. The van der Waals surface area contributed by atoms with E-state index in [-0.39, 0.29) is 17.3 Å². The summed E-state index contributed by atoms with van der Waals surface area (Å²) in [4.78, 5) is 18.6. The van der Waals surface area contributed by atoms with Crippen molar-refractivity contribution in [2.24, 2.45) is 0 Å². The lowest BCUT2D eigenvalue weighted by molar-refractivity contribution is 0.0993. The number of anilines is 1. The molecule has 6 nitrogen and oxygen atoms in total. The number of carbonyl (C=O) groups excluding carboxylic acids is 1. The van der Waals surface area contributed by atoms with Gasteiger partial charge in [-0.15, -0.1) is 0 Å². The predicted octanol–water partition coefficient (Wildman–Crippen LogP) is 7.67. The van der Waals surface area contributed by atoms with Crippen molar-refractivity contribution in [3.63, 3.8) is 0 Å². The van der Waals surface area contributed by atoms with Crippen molar-refractivity contribution in [2.75, 3.05) is 18.5 Å². The first-order chi connectivity index (χ1) is 20.8. The molecule has 0 aliphatic heterocycles. The maximum atomic E-state index is 13.2. The number of aromatic nitrogens is 1. The van der Waals surface area contributed by atoms with Crippen molar-refractivity contribution in [1.82, 2.24) is 9.71 Å². The normalized spacial score (nSPS) is 11.6. The summed E-state index contributed by atoms with van der Waals surface area (Å²) in [6.45, 7) is 4.44. The number of rotatable bonds is 12. The molecule has 7 heteroatoms. The molecule has 4 aromatic carbocycles. The lowest BCUT2D eigenvalue weighted by Crippen LogP contribution is -2.26. The Morgan fingerprint density at radius 2 is 1.60 bits per heavy atom. The van der Waals surface area contributed by atoms with Gasteiger partial charge in [-0.1, -0.05) is 74.4 Å². The Balaban J connectivity index is 1.32. The minimum Gasteiger partial charge on any atom is -0.354 e. The number of hydrogen-bond donors (Lipinski definition) is 2. The van der Waals surface area contributed by atoms with Gasteiger partial charge in [0.1, 0.15) is 0 Å². The number of benzene rings is 4. The van der Waals surface area contributed by atoms with Crippen LogP contribution in [0.5, 0.6) is 0 Å². The zero-order chi connectivity index (χ0) is 30.4. The van der Waals surface area contributed by atoms with Crippen molar-refractivity contribution in [2.45, 2.75) is 50.8 Å². The number of unbranched alkanes of at least 4 members (excludes halogenated alkanes) is 2. The van der Waals surface area contributed by atoms with E-state index >= 15 is 0 Å². The van der Waals surface area contributed by atoms with Crippen LogP contribution in [0.2, 0.25) is 0 Å². The first kappa shape index (κ1) is 30.3. The van der Waals surface area contributed by atoms with Gasteiger partial charge in [0.15, 0.2) is 0 Å². The molecule has 0 atom stereocenters. The van der Waals surface area contributed by atoms with Gasteiger partial charge in [-0.05, 0) is 90.9 Å². The number of nitrogens with one attached hydrogen (secondary N) is 2. The Kier molecular flexibility index (Phi) is 9.43. The molecule has 1 amide bonds. The number of carbonyl (C=O) groups is 1. The number of aryl methyl sites for hydroxylation is 2. The van der Waals surface area contributed by atoms with E-state index < -0.39 is 10.0 Å². The van der Waals surface area contributed by atoms with Gasteiger partial charge in [0, 0.05) is 41.4 Å². The zero-order valence-electron chi connectivity index (χ0n) is 25.1. The molecule has 2 N–H and O–H groups in total. The molecule has 0 spiro atoms. The topological polar surface area (TPSA) is 82.3 Å². The Hall–Kier alpha value is -4.20. The maximum Gasteiger partial charge on any atom is 0.258 e. The molecule has 0 unspecified atom stereocenters. The molecule has 0 fully saturated rings. The highest BCUT2D eigenvalue weighted by molar-refractivity contribution is 7.89. The third-order valence-electron chi connectivity index (χ3n) is 7.90. The average Bonchev–Trinajstić information content (AvgIpc) is 3.39. The van der Waals surface area contributed by atoms with Gasteiger partial charge < -0.3 is 9.88 Å². The minimum absolute atomic E-state index is 0.0857. The van der Waals surface area contributed by atoms with Crippen LogP contribution in [0.1, 0.15) is 53.2 Å². The quantitative estimate of drug-likeness (QED) is 0.146. The summed E-state index contributed by atoms with van der Waals surface area (Å²) in [5, 5.41) is 1.05. The molecule has 5 rings (SSSR count). The van der Waals surface area contributed by atoms with Gasteiger partial charge in [0.05, 0.1) is 4.90 Å². The summed E-state index contributed by atoms with van der Waals surface area (Å²) >= 11 is 0. The van der Waals surface area contributed by atoms with E-state index in [9.17, 15) is 13.2 Å². The second-order valence-electron chi connectivity index (χ2n) is 11.1. The van der Waals surface area contributed by atoms with Crippen molar-refractivity contribution >= 4 is 32.5 Å². The van der Waals surface area contributed by atoms with Crippen LogP contribution in [0.15, 0.2) is 102 Å². The number of sulfonamides is 1. The van der Waals surface area contributed by atoms with Gasteiger partial charge in [-0.2, -0.15) is 0 Å². The number of hydrogen-bond acceptors (Lipinski definition) is 3. The lowest BCUT2D eigenvalue weighted by atomic mass is 10.0. The Labute approximate surface area is 254 Å². The van der Waals surface area contributed by atoms with Crippen LogP contribution in [-0.2, 0) is 22.9 Å². The van der Waals surface area contributed by atoms with Crippen molar-refractivity contribution in [1.29, 1.82) is 0 Å². The van der Waals surface area contributed by atoms with Crippen LogP contribution in [-0.4, -0.2) is 32.9 Å². The van der Waals surface area contributed by atoms with Crippen LogP contribution in [0.3, 0.4) is 0 Å². The van der Waals surface area contributed by atoms with Gasteiger partial charge in [0.25, 0.3) is 5.91 Å². The summed E-state index contributed by atoms with van der Waals surface area (Å²) < 4.78 is 28.9. The largest absolute Gasteiger partial charge is 0.354 e. The highest BCUT2D eigenvalue weighted by Gasteiger charge is 2.18. The Morgan fingerprint density at radius 3 is 2.33 bits per heavy atom. The number of nitrogens with zero attached hydrogens (tertiary/aromatic N) is 1. The molecule has 222 valence electrons. The minimum atomic E-state index is -3.64. The van der Waals surface area contributed by atoms with Crippen LogP contribution in [0.25, 0.3) is 22.2 Å². The van der Waals surface area contributed by atoms with E-state index in [1.165, 1.54) is 6.42 Å². The van der Waals surface area contributed by atoms with E-state index in [1.807, 2.05) is 91.9 Å². The van der Waals surface area contributed by atoms with E-state index in [0.717, 1.165) is 63.8 Å². The second kappa shape index (κ2) is 13.4. The highest BCUT2D eigenvalue weighted by atomic mass is 32.2. The number of amides is 1. The Morgan fingerprint density at radius 1 is 0.860 bits per heavy atom. The van der Waals surface area contributed by atoms with Crippen molar-refractivity contribution < 1.29 is 13.2 Å². The maximum absolute atomic E-state index is 13.2. The van der Waals surface area contributed by atoms with E-state index in [2.05, 4.69) is 16.6 Å². The average molecular weight is 594 g/mol. The van der Waals surface area contributed by atoms with Gasteiger partial charge in [0.2, 0.25) is 10.0 Å². The molecule has 0 saturated heterocycles. The first-order valence-electron chi connectivity index (χ1n) is 14.9. The van der Waals surface area contributed by atoms with Crippen LogP contribution < -0.4 is 9.62 Å². The van der Waals surface area contributed by atoms with Crippen LogP contribution in [0, 0.1) is 6.92 Å².